The smallest absolute Gasteiger partial charge is 0.240 e. The Kier molecular flexibility index (Phi) is 4.08. The molecule has 1 spiro atoms. The van der Waals surface area contributed by atoms with Crippen LogP contribution in [0.2, 0.25) is 0 Å². The Bertz CT molecular complexity index is 429. The van der Waals surface area contributed by atoms with Crippen LogP contribution in [0.15, 0.2) is 4.52 Å². The summed E-state index contributed by atoms with van der Waals surface area (Å²) >= 11 is 0. The van der Waals surface area contributed by atoms with E-state index in [4.69, 9.17) is 4.52 Å². The normalized spacial score (nSPS) is 23.6. The quantitative estimate of drug-likeness (QED) is 0.919. The van der Waals surface area contributed by atoms with Gasteiger partial charge in [-0.25, -0.2) is 0 Å². The van der Waals surface area contributed by atoms with Gasteiger partial charge >= 0.3 is 0 Å². The summed E-state index contributed by atoms with van der Waals surface area (Å²) in [4.78, 5) is 7.13. The first-order valence-electron chi connectivity index (χ1n) is 7.98. The molecule has 5 heteroatoms. The topological polar surface area (TPSA) is 54.2 Å². The van der Waals surface area contributed by atoms with E-state index in [9.17, 15) is 0 Å². The molecule has 2 fully saturated rings. The van der Waals surface area contributed by atoms with Crippen LogP contribution >= 0.6 is 0 Å². The minimum Gasteiger partial charge on any atom is -0.338 e. The van der Waals surface area contributed by atoms with Gasteiger partial charge in [0.05, 0.1) is 6.54 Å². The molecule has 20 heavy (non-hydrogen) atoms. The van der Waals surface area contributed by atoms with Crippen molar-refractivity contribution in [3.05, 3.63) is 11.7 Å². The largest absolute Gasteiger partial charge is 0.338 e. The van der Waals surface area contributed by atoms with Gasteiger partial charge in [-0.05, 0) is 12.8 Å². The first-order valence-corrected chi connectivity index (χ1v) is 7.98. The standard InChI is InChI=1S/C15H26N4O/c1-12(2)14-17-13(20-18-14)10-19-9-8-16-11-15(19)6-4-3-5-7-15/h12,16H,3-11H2,1-2H3. The summed E-state index contributed by atoms with van der Waals surface area (Å²) < 4.78 is 5.44. The zero-order chi connectivity index (χ0) is 14.0. The summed E-state index contributed by atoms with van der Waals surface area (Å²) in [6, 6.07) is 0. The molecule has 0 aromatic carbocycles. The molecule has 2 aliphatic rings. The van der Waals surface area contributed by atoms with Gasteiger partial charge in [-0.15, -0.1) is 0 Å². The maximum absolute atomic E-state index is 5.44. The molecule has 0 bridgehead atoms. The van der Waals surface area contributed by atoms with E-state index in [1.54, 1.807) is 0 Å². The van der Waals surface area contributed by atoms with Crippen molar-refractivity contribution < 1.29 is 4.52 Å². The fourth-order valence-corrected chi connectivity index (χ4v) is 3.56. The summed E-state index contributed by atoms with van der Waals surface area (Å²) in [5.41, 5.74) is 0.322. The van der Waals surface area contributed by atoms with Gasteiger partial charge in [-0.1, -0.05) is 38.3 Å². The molecule has 1 aromatic heterocycles. The van der Waals surface area contributed by atoms with Crippen molar-refractivity contribution in [2.45, 2.75) is 64.0 Å². The Morgan fingerprint density at radius 1 is 1.30 bits per heavy atom. The number of hydrogen-bond donors (Lipinski definition) is 1. The monoisotopic (exact) mass is 278 g/mol. The summed E-state index contributed by atoms with van der Waals surface area (Å²) in [5, 5.41) is 7.66. The van der Waals surface area contributed by atoms with Crippen molar-refractivity contribution in [2.75, 3.05) is 19.6 Å². The van der Waals surface area contributed by atoms with Crippen LogP contribution in [0.5, 0.6) is 0 Å². The first kappa shape index (κ1) is 14.0. The lowest BCUT2D eigenvalue weighted by Gasteiger charge is -2.49. The number of nitrogens with one attached hydrogen (secondary N) is 1. The zero-order valence-electron chi connectivity index (χ0n) is 12.7. The highest BCUT2D eigenvalue weighted by Gasteiger charge is 2.40. The molecule has 1 aromatic rings. The van der Waals surface area contributed by atoms with E-state index >= 15 is 0 Å². The summed E-state index contributed by atoms with van der Waals surface area (Å²) in [6.45, 7) is 8.26. The molecule has 0 amide bonds. The van der Waals surface area contributed by atoms with Gasteiger partial charge < -0.3 is 9.84 Å². The molecule has 0 atom stereocenters. The lowest BCUT2D eigenvalue weighted by molar-refractivity contribution is 0.0135. The van der Waals surface area contributed by atoms with Crippen LogP contribution in [0.3, 0.4) is 0 Å². The molecule has 0 unspecified atom stereocenters. The molecule has 1 aliphatic carbocycles. The van der Waals surface area contributed by atoms with E-state index in [-0.39, 0.29) is 0 Å². The van der Waals surface area contributed by atoms with Crippen LogP contribution in [0.25, 0.3) is 0 Å². The van der Waals surface area contributed by atoms with Gasteiger partial charge in [0.15, 0.2) is 5.82 Å². The number of piperazine rings is 1. The van der Waals surface area contributed by atoms with Crippen molar-refractivity contribution in [1.29, 1.82) is 0 Å². The van der Waals surface area contributed by atoms with E-state index in [1.807, 2.05) is 0 Å². The van der Waals surface area contributed by atoms with Gasteiger partial charge in [0, 0.05) is 31.1 Å². The van der Waals surface area contributed by atoms with E-state index in [2.05, 4.69) is 34.2 Å². The van der Waals surface area contributed by atoms with Crippen molar-refractivity contribution in [3.8, 4) is 0 Å². The third-order valence-corrected chi connectivity index (χ3v) is 4.79. The van der Waals surface area contributed by atoms with E-state index in [1.165, 1.54) is 32.1 Å². The highest BCUT2D eigenvalue weighted by Crippen LogP contribution is 2.35. The number of aromatic nitrogens is 2. The molecule has 1 aliphatic heterocycles. The van der Waals surface area contributed by atoms with Crippen molar-refractivity contribution in [1.82, 2.24) is 20.4 Å². The minimum absolute atomic E-state index is 0.322. The zero-order valence-corrected chi connectivity index (χ0v) is 12.7. The molecule has 1 N–H and O–H groups in total. The molecular weight excluding hydrogens is 252 g/mol. The molecule has 5 nitrogen and oxygen atoms in total. The Morgan fingerprint density at radius 3 is 2.80 bits per heavy atom. The van der Waals surface area contributed by atoms with Crippen LogP contribution in [0, 0.1) is 0 Å². The highest BCUT2D eigenvalue weighted by molar-refractivity contribution is 5.00. The van der Waals surface area contributed by atoms with Gasteiger partial charge in [0.2, 0.25) is 5.89 Å². The fraction of sp³-hybridized carbons (Fsp3) is 0.867. The molecule has 112 valence electrons. The average molecular weight is 278 g/mol. The Balaban J connectivity index is 1.72. The van der Waals surface area contributed by atoms with E-state index in [0.717, 1.165) is 37.9 Å². The number of nitrogens with zero attached hydrogens (tertiary/aromatic N) is 3. The van der Waals surface area contributed by atoms with Gasteiger partial charge in [-0.2, -0.15) is 4.98 Å². The van der Waals surface area contributed by atoms with Crippen LogP contribution in [0.1, 0.15) is 63.6 Å². The summed E-state index contributed by atoms with van der Waals surface area (Å²) in [6.07, 6.45) is 6.67. The van der Waals surface area contributed by atoms with Crippen LogP contribution in [-0.2, 0) is 6.54 Å². The lowest BCUT2D eigenvalue weighted by atomic mass is 9.79. The molecule has 2 heterocycles. The van der Waals surface area contributed by atoms with Crippen molar-refractivity contribution >= 4 is 0 Å². The fourth-order valence-electron chi connectivity index (χ4n) is 3.56. The minimum atomic E-state index is 0.322. The van der Waals surface area contributed by atoms with Crippen molar-refractivity contribution in [2.24, 2.45) is 0 Å². The third-order valence-electron chi connectivity index (χ3n) is 4.79. The van der Waals surface area contributed by atoms with Gasteiger partial charge in [0.25, 0.3) is 0 Å². The molecular formula is C15H26N4O. The maximum atomic E-state index is 5.44. The molecule has 0 radical (unpaired) electrons. The predicted octanol–water partition coefficient (Wildman–Crippen LogP) is 2.30. The third kappa shape index (κ3) is 2.74. The van der Waals surface area contributed by atoms with E-state index in [0.29, 0.717) is 11.5 Å². The lowest BCUT2D eigenvalue weighted by Crippen LogP contribution is -2.61. The number of hydrogen-bond acceptors (Lipinski definition) is 5. The van der Waals surface area contributed by atoms with Gasteiger partial charge in [0.1, 0.15) is 0 Å². The summed E-state index contributed by atoms with van der Waals surface area (Å²) in [7, 11) is 0. The van der Waals surface area contributed by atoms with Crippen LogP contribution in [0.4, 0.5) is 0 Å². The predicted molar refractivity (Wildman–Crippen MR) is 77.5 cm³/mol. The van der Waals surface area contributed by atoms with Crippen LogP contribution < -0.4 is 5.32 Å². The Labute approximate surface area is 121 Å². The first-order chi connectivity index (χ1) is 9.70. The second kappa shape index (κ2) is 5.82. The Hall–Kier alpha value is -0.940. The van der Waals surface area contributed by atoms with Crippen LogP contribution in [-0.4, -0.2) is 40.2 Å². The summed E-state index contributed by atoms with van der Waals surface area (Å²) in [5.74, 6) is 1.94. The Morgan fingerprint density at radius 2 is 2.10 bits per heavy atom. The highest BCUT2D eigenvalue weighted by atomic mass is 16.5. The van der Waals surface area contributed by atoms with Crippen molar-refractivity contribution in [3.63, 3.8) is 0 Å². The maximum Gasteiger partial charge on any atom is 0.240 e. The number of rotatable bonds is 3. The second-order valence-corrected chi connectivity index (χ2v) is 6.58. The molecule has 1 saturated heterocycles. The second-order valence-electron chi connectivity index (χ2n) is 6.58. The molecule has 3 rings (SSSR count). The average Bonchev–Trinajstić information content (AvgIpc) is 2.91. The van der Waals surface area contributed by atoms with E-state index < -0.39 is 0 Å². The molecule has 1 saturated carbocycles. The SMILES string of the molecule is CC(C)c1noc(CN2CCNCC23CCCCC3)n1. The van der Waals surface area contributed by atoms with Gasteiger partial charge in [-0.3, -0.25) is 4.90 Å².